The molecule has 6 rings (SSSR count). The van der Waals surface area contributed by atoms with Crippen LogP contribution >= 0.6 is 22.9 Å². The lowest BCUT2D eigenvalue weighted by Gasteiger charge is -2.41. The Balaban J connectivity index is 1.13. The molecule has 2 aromatic rings. The summed E-state index contributed by atoms with van der Waals surface area (Å²) >= 11 is 7.85. The highest BCUT2D eigenvalue weighted by atomic mass is 35.5. The van der Waals surface area contributed by atoms with Crippen molar-refractivity contribution in [2.24, 2.45) is 0 Å². The number of benzene rings is 1. The monoisotopic (exact) mass is 724 g/mol. The summed E-state index contributed by atoms with van der Waals surface area (Å²) in [6.07, 6.45) is -1.35. The van der Waals surface area contributed by atoms with Crippen LogP contribution in [-0.4, -0.2) is 122 Å². The van der Waals surface area contributed by atoms with Crippen LogP contribution in [-0.2, 0) is 23.8 Å². The summed E-state index contributed by atoms with van der Waals surface area (Å²) in [5.74, 6) is -0.321. The maximum Gasteiger partial charge on any atom is 0.418 e. The van der Waals surface area contributed by atoms with Gasteiger partial charge in [0.2, 0.25) is 5.91 Å². The Kier molecular flexibility index (Phi) is 11.1. The van der Waals surface area contributed by atoms with Gasteiger partial charge < -0.3 is 36.0 Å². The summed E-state index contributed by atoms with van der Waals surface area (Å²) < 4.78 is 42.0. The Morgan fingerprint density at radius 1 is 0.980 bits per heavy atom. The first-order valence-electron chi connectivity index (χ1n) is 17.0. The number of nitrogens with one attached hydrogen (secondary N) is 4. The van der Waals surface area contributed by atoms with E-state index in [-0.39, 0.29) is 40.7 Å². The van der Waals surface area contributed by atoms with Crippen molar-refractivity contribution in [3.8, 4) is 0 Å². The lowest BCUT2D eigenvalue weighted by molar-refractivity contribution is -0.137. The van der Waals surface area contributed by atoms with Gasteiger partial charge in [0.1, 0.15) is 6.04 Å². The number of carbonyl (C=O) groups is 3. The molecular formula is C33H44ClF3N8O3S. The van der Waals surface area contributed by atoms with Gasteiger partial charge in [-0.3, -0.25) is 9.69 Å². The van der Waals surface area contributed by atoms with E-state index in [4.69, 9.17) is 11.6 Å². The Labute approximate surface area is 293 Å². The van der Waals surface area contributed by atoms with E-state index < -0.39 is 23.8 Å². The average molecular weight is 725 g/mol. The van der Waals surface area contributed by atoms with Crippen LogP contribution in [0.1, 0.15) is 42.4 Å². The summed E-state index contributed by atoms with van der Waals surface area (Å²) in [7, 11) is 1.37. The molecule has 0 radical (unpaired) electrons. The molecule has 1 aromatic carbocycles. The highest BCUT2D eigenvalue weighted by Crippen LogP contribution is 2.39. The van der Waals surface area contributed by atoms with Gasteiger partial charge in [-0.2, -0.15) is 13.2 Å². The average Bonchev–Trinajstić information content (AvgIpc) is 3.47. The minimum Gasteiger partial charge on any atom is -0.386 e. The molecule has 11 nitrogen and oxygen atoms in total. The van der Waals surface area contributed by atoms with Gasteiger partial charge in [-0.15, -0.1) is 11.3 Å². The van der Waals surface area contributed by atoms with E-state index in [2.05, 4.69) is 26.2 Å². The Bertz CT molecular complexity index is 1500. The molecule has 5 heterocycles. The van der Waals surface area contributed by atoms with Crippen molar-refractivity contribution in [1.82, 2.24) is 30.2 Å². The van der Waals surface area contributed by atoms with Crippen LogP contribution in [0, 0.1) is 0 Å². The second-order valence-electron chi connectivity index (χ2n) is 13.2. The smallest absolute Gasteiger partial charge is 0.386 e. The molecule has 3 fully saturated rings. The number of amides is 5. The Morgan fingerprint density at radius 3 is 2.33 bits per heavy atom. The van der Waals surface area contributed by atoms with Gasteiger partial charge in [0.05, 0.1) is 22.0 Å². The van der Waals surface area contributed by atoms with Crippen LogP contribution in [0.5, 0.6) is 0 Å². The number of anilines is 2. The zero-order chi connectivity index (χ0) is 34.7. The number of urea groups is 2. The van der Waals surface area contributed by atoms with Crippen molar-refractivity contribution in [3.63, 3.8) is 0 Å². The maximum absolute atomic E-state index is 14.0. The number of thiophene rings is 1. The van der Waals surface area contributed by atoms with Crippen molar-refractivity contribution in [3.05, 3.63) is 44.6 Å². The van der Waals surface area contributed by atoms with E-state index in [0.29, 0.717) is 51.6 Å². The van der Waals surface area contributed by atoms with Crippen LogP contribution in [0.15, 0.2) is 22.9 Å². The topological polar surface area (TPSA) is 112 Å². The third kappa shape index (κ3) is 8.21. The third-order valence-electron chi connectivity index (χ3n) is 10.2. The fourth-order valence-electron chi connectivity index (χ4n) is 7.54. The third-order valence-corrected chi connectivity index (χ3v) is 11.3. The molecule has 0 saturated carbocycles. The highest BCUT2D eigenvalue weighted by molar-refractivity contribution is 7.08. The predicted molar refractivity (Wildman–Crippen MR) is 184 cm³/mol. The summed E-state index contributed by atoms with van der Waals surface area (Å²) in [4.78, 5) is 48.3. The number of piperazine rings is 1. The molecule has 0 bridgehead atoms. The summed E-state index contributed by atoms with van der Waals surface area (Å²) in [6.45, 7) is 6.11. The predicted octanol–water partition coefficient (Wildman–Crippen LogP) is 4.53. The van der Waals surface area contributed by atoms with Gasteiger partial charge in [-0.1, -0.05) is 11.6 Å². The van der Waals surface area contributed by atoms with Crippen LogP contribution in [0.4, 0.5) is 34.1 Å². The Morgan fingerprint density at radius 2 is 1.65 bits per heavy atom. The number of piperidine rings is 2. The van der Waals surface area contributed by atoms with Crippen molar-refractivity contribution in [1.29, 1.82) is 0 Å². The highest BCUT2D eigenvalue weighted by Gasteiger charge is 2.38. The number of alkyl halides is 3. The van der Waals surface area contributed by atoms with Crippen LogP contribution in [0.25, 0.3) is 0 Å². The quantitative estimate of drug-likeness (QED) is 0.334. The molecule has 16 heteroatoms. The minimum atomic E-state index is -4.67. The molecule has 0 unspecified atom stereocenters. The van der Waals surface area contributed by atoms with Crippen molar-refractivity contribution < 1.29 is 27.6 Å². The summed E-state index contributed by atoms with van der Waals surface area (Å²) in [5.41, 5.74) is 0.996. The maximum atomic E-state index is 14.0. The number of fused-ring (bicyclic) bond motifs is 1. The molecule has 4 N–H and O–H groups in total. The number of hydrogen-bond donors (Lipinski definition) is 4. The molecule has 0 spiro atoms. The normalized spacial score (nSPS) is 20.8. The zero-order valence-electron chi connectivity index (χ0n) is 27.6. The molecule has 4 aliphatic rings. The molecule has 268 valence electrons. The van der Waals surface area contributed by atoms with E-state index >= 15 is 0 Å². The van der Waals surface area contributed by atoms with Gasteiger partial charge in [-0.25, -0.2) is 9.59 Å². The fourth-order valence-corrected chi connectivity index (χ4v) is 8.70. The first-order valence-corrected chi connectivity index (χ1v) is 18.3. The number of likely N-dealkylation sites (tertiary alicyclic amines) is 2. The standard InChI is InChI=1S/C33H44ClF3N8O3S/c1-38-29-25(33(35,36)37)16-21(17-26(29)34)18-27(30(46)43-9-3-23(4-10-43)42-14-7-39-8-15-42)40-31(47)44-11-5-24(6-12-44)45-13-2-22-19-49-20-28(22)41-32(45)48/h16-17,19-20,23-24,27,38-39H,2-15,18H2,1H3,(H,40,47)(H,41,48)/t27-/m1/s1. The molecule has 49 heavy (non-hydrogen) atoms. The molecular weight excluding hydrogens is 681 g/mol. The van der Waals surface area contributed by atoms with Crippen LogP contribution < -0.4 is 21.3 Å². The van der Waals surface area contributed by atoms with Gasteiger partial charge in [0.15, 0.2) is 0 Å². The van der Waals surface area contributed by atoms with Crippen molar-refractivity contribution in [2.75, 3.05) is 76.6 Å². The van der Waals surface area contributed by atoms with Gasteiger partial charge in [-0.05, 0) is 60.7 Å². The second kappa shape index (κ2) is 15.3. The summed E-state index contributed by atoms with van der Waals surface area (Å²) in [5, 5.41) is 15.6. The van der Waals surface area contributed by atoms with Crippen LogP contribution in [0.2, 0.25) is 5.02 Å². The SMILES string of the molecule is CNc1c(Cl)cc(C[C@@H](NC(=O)N2CCC(N3CCc4cscc4NC3=O)CC2)C(=O)N2CCC(N3CCNCC3)CC2)cc1C(F)(F)F. The number of hydrogen-bond acceptors (Lipinski definition) is 7. The van der Waals surface area contributed by atoms with E-state index in [9.17, 15) is 27.6 Å². The molecule has 3 saturated heterocycles. The van der Waals surface area contributed by atoms with Gasteiger partial charge in [0.25, 0.3) is 0 Å². The number of halogens is 4. The van der Waals surface area contributed by atoms with E-state index in [0.717, 1.165) is 62.8 Å². The van der Waals surface area contributed by atoms with Crippen molar-refractivity contribution in [2.45, 2.75) is 62.8 Å². The number of rotatable bonds is 7. The minimum absolute atomic E-state index is 0.0419. The molecule has 1 aromatic heterocycles. The summed E-state index contributed by atoms with van der Waals surface area (Å²) in [6, 6.07) is 1.05. The van der Waals surface area contributed by atoms with E-state index in [1.54, 1.807) is 21.1 Å². The fraction of sp³-hybridized carbons (Fsp3) is 0.606. The lowest BCUT2D eigenvalue weighted by Crippen LogP contribution is -2.58. The van der Waals surface area contributed by atoms with E-state index in [1.165, 1.54) is 13.1 Å². The second-order valence-corrected chi connectivity index (χ2v) is 14.3. The van der Waals surface area contributed by atoms with E-state index in [1.807, 2.05) is 15.7 Å². The molecule has 4 aliphatic heterocycles. The molecule has 5 amide bonds. The molecule has 1 atom stereocenters. The van der Waals surface area contributed by atoms with Gasteiger partial charge in [0, 0.05) is 89.8 Å². The van der Waals surface area contributed by atoms with Gasteiger partial charge >= 0.3 is 18.2 Å². The largest absolute Gasteiger partial charge is 0.418 e. The first kappa shape index (κ1) is 35.6. The Hall–Kier alpha value is -3.27. The first-order chi connectivity index (χ1) is 23.5. The number of carbonyl (C=O) groups excluding carboxylic acids is 3. The lowest BCUT2D eigenvalue weighted by atomic mass is 9.98. The number of nitrogens with zero attached hydrogens (tertiary/aromatic N) is 4. The van der Waals surface area contributed by atoms with Crippen LogP contribution in [0.3, 0.4) is 0 Å². The zero-order valence-corrected chi connectivity index (χ0v) is 29.2. The molecule has 0 aliphatic carbocycles. The van der Waals surface area contributed by atoms with Crippen molar-refractivity contribution >= 4 is 52.3 Å².